The van der Waals surface area contributed by atoms with Crippen LogP contribution in [0.2, 0.25) is 0 Å². The van der Waals surface area contributed by atoms with Crippen molar-refractivity contribution in [1.29, 1.82) is 0 Å². The number of hydrogen-bond donors (Lipinski definition) is 1. The number of anilines is 1. The van der Waals surface area contributed by atoms with Crippen LogP contribution in [0.1, 0.15) is 60.0 Å². The Morgan fingerprint density at radius 2 is 1.84 bits per heavy atom. The van der Waals surface area contributed by atoms with Crippen LogP contribution in [0.5, 0.6) is 0 Å². The SMILES string of the molecule is CC(C)NC(=O)N1Cc2c(sc3c2CCCC3)-n2cccc2[C@H]1c1ccc(N(C)C)cc1. The molecule has 0 spiro atoms. The van der Waals surface area contributed by atoms with Crippen molar-refractivity contribution < 1.29 is 4.79 Å². The Morgan fingerprint density at radius 1 is 1.09 bits per heavy atom. The van der Waals surface area contributed by atoms with Crippen LogP contribution in [-0.4, -0.2) is 35.6 Å². The molecule has 0 fully saturated rings. The minimum absolute atomic E-state index is 0.00181. The lowest BCUT2D eigenvalue weighted by atomic mass is 9.95. The summed E-state index contributed by atoms with van der Waals surface area (Å²) in [4.78, 5) is 19.2. The smallest absolute Gasteiger partial charge is 0.318 e. The minimum Gasteiger partial charge on any atom is -0.378 e. The quantitative estimate of drug-likeness (QED) is 0.574. The van der Waals surface area contributed by atoms with E-state index in [-0.39, 0.29) is 18.1 Å². The van der Waals surface area contributed by atoms with E-state index in [2.05, 4.69) is 71.5 Å². The topological polar surface area (TPSA) is 40.5 Å². The molecular weight excluding hydrogens is 416 g/mol. The van der Waals surface area contributed by atoms with Crippen LogP contribution in [0.25, 0.3) is 5.00 Å². The van der Waals surface area contributed by atoms with Crippen molar-refractivity contribution in [2.24, 2.45) is 0 Å². The molecule has 1 N–H and O–H groups in total. The number of fused-ring (bicyclic) bond motifs is 5. The van der Waals surface area contributed by atoms with Gasteiger partial charge in [0.25, 0.3) is 0 Å². The van der Waals surface area contributed by atoms with E-state index in [1.807, 2.05) is 30.1 Å². The maximum absolute atomic E-state index is 13.6. The van der Waals surface area contributed by atoms with Gasteiger partial charge in [-0.3, -0.25) is 0 Å². The first-order valence-electron chi connectivity index (χ1n) is 11.6. The average molecular weight is 449 g/mol. The van der Waals surface area contributed by atoms with Crippen molar-refractivity contribution in [3.63, 3.8) is 0 Å². The Morgan fingerprint density at radius 3 is 2.56 bits per heavy atom. The maximum atomic E-state index is 13.6. The second-order valence-corrected chi connectivity index (χ2v) is 10.5. The molecule has 5 nitrogen and oxygen atoms in total. The summed E-state index contributed by atoms with van der Waals surface area (Å²) in [5.41, 5.74) is 6.27. The minimum atomic E-state index is -0.140. The number of urea groups is 1. The van der Waals surface area contributed by atoms with Gasteiger partial charge in [0.15, 0.2) is 0 Å². The molecule has 32 heavy (non-hydrogen) atoms. The summed E-state index contributed by atoms with van der Waals surface area (Å²) < 4.78 is 2.34. The maximum Gasteiger partial charge on any atom is 0.318 e. The molecule has 6 heteroatoms. The van der Waals surface area contributed by atoms with E-state index >= 15 is 0 Å². The predicted octanol–water partition coefficient (Wildman–Crippen LogP) is 5.51. The van der Waals surface area contributed by atoms with Gasteiger partial charge in [-0.2, -0.15) is 0 Å². The van der Waals surface area contributed by atoms with E-state index < -0.39 is 0 Å². The molecule has 168 valence electrons. The molecular formula is C26H32N4OS. The van der Waals surface area contributed by atoms with Crippen molar-refractivity contribution in [2.75, 3.05) is 19.0 Å². The van der Waals surface area contributed by atoms with Gasteiger partial charge in [-0.15, -0.1) is 11.3 Å². The van der Waals surface area contributed by atoms with Gasteiger partial charge in [0, 0.05) is 42.5 Å². The number of aryl methyl sites for hydroxylation is 1. The number of nitrogens with zero attached hydrogens (tertiary/aromatic N) is 3. The first kappa shape index (κ1) is 21.1. The molecule has 1 aliphatic carbocycles. The zero-order valence-corrected chi connectivity index (χ0v) is 20.2. The van der Waals surface area contributed by atoms with E-state index in [0.29, 0.717) is 6.54 Å². The van der Waals surface area contributed by atoms with Gasteiger partial charge >= 0.3 is 6.03 Å². The van der Waals surface area contributed by atoms with E-state index in [1.165, 1.54) is 33.8 Å². The number of carbonyl (C=O) groups is 1. The summed E-state index contributed by atoms with van der Waals surface area (Å²) in [7, 11) is 4.10. The van der Waals surface area contributed by atoms with Crippen molar-refractivity contribution in [3.8, 4) is 5.00 Å². The molecule has 2 amide bonds. The predicted molar refractivity (Wildman–Crippen MR) is 132 cm³/mol. The first-order valence-corrected chi connectivity index (χ1v) is 12.4. The highest BCUT2D eigenvalue weighted by atomic mass is 32.1. The molecule has 0 saturated carbocycles. The van der Waals surface area contributed by atoms with Crippen LogP contribution in [0.15, 0.2) is 42.6 Å². The first-order chi connectivity index (χ1) is 15.4. The second kappa shape index (κ2) is 8.32. The molecule has 3 aromatic rings. The summed E-state index contributed by atoms with van der Waals surface area (Å²) in [5, 5.41) is 4.47. The van der Waals surface area contributed by atoms with Gasteiger partial charge < -0.3 is 19.7 Å². The van der Waals surface area contributed by atoms with Crippen molar-refractivity contribution in [2.45, 2.75) is 58.2 Å². The third kappa shape index (κ3) is 3.60. The van der Waals surface area contributed by atoms with E-state index in [1.54, 1.807) is 0 Å². The van der Waals surface area contributed by atoms with Crippen LogP contribution in [-0.2, 0) is 19.4 Å². The number of amides is 2. The van der Waals surface area contributed by atoms with Gasteiger partial charge in [-0.05, 0) is 74.9 Å². The number of nitrogens with one attached hydrogen (secondary N) is 1. The fraction of sp³-hybridized carbons (Fsp3) is 0.423. The number of benzene rings is 1. The largest absolute Gasteiger partial charge is 0.378 e. The Labute approximate surface area is 194 Å². The summed E-state index contributed by atoms with van der Waals surface area (Å²) in [5.74, 6) is 0. The highest BCUT2D eigenvalue weighted by molar-refractivity contribution is 7.15. The van der Waals surface area contributed by atoms with E-state index in [0.717, 1.165) is 29.8 Å². The highest BCUT2D eigenvalue weighted by Gasteiger charge is 2.36. The Kier molecular flexibility index (Phi) is 5.49. The zero-order valence-electron chi connectivity index (χ0n) is 19.4. The molecule has 5 rings (SSSR count). The number of rotatable bonds is 3. The number of carbonyl (C=O) groups excluding carboxylic acids is 1. The van der Waals surface area contributed by atoms with E-state index in [4.69, 9.17) is 0 Å². The summed E-state index contributed by atoms with van der Waals surface area (Å²) in [6, 6.07) is 12.9. The molecule has 2 aliphatic rings. The molecule has 0 bridgehead atoms. The summed E-state index contributed by atoms with van der Waals surface area (Å²) in [6.45, 7) is 4.69. The van der Waals surface area contributed by atoms with Gasteiger partial charge in [-0.1, -0.05) is 12.1 Å². The summed E-state index contributed by atoms with van der Waals surface area (Å²) in [6.07, 6.45) is 6.96. The van der Waals surface area contributed by atoms with Crippen molar-refractivity contribution >= 4 is 23.1 Å². The van der Waals surface area contributed by atoms with Gasteiger partial charge in [0.1, 0.15) is 5.00 Å². The van der Waals surface area contributed by atoms with Crippen LogP contribution in [0.3, 0.4) is 0 Å². The number of aromatic nitrogens is 1. The lowest BCUT2D eigenvalue weighted by Crippen LogP contribution is -2.44. The van der Waals surface area contributed by atoms with Gasteiger partial charge in [0.2, 0.25) is 0 Å². The van der Waals surface area contributed by atoms with Crippen LogP contribution in [0.4, 0.5) is 10.5 Å². The Bertz CT molecular complexity index is 1130. The molecule has 1 atom stereocenters. The van der Waals surface area contributed by atoms with Crippen LogP contribution in [0, 0.1) is 0 Å². The molecule has 1 aliphatic heterocycles. The fourth-order valence-corrected chi connectivity index (χ4v) is 6.43. The lowest BCUT2D eigenvalue weighted by Gasteiger charge is -2.32. The molecule has 3 heterocycles. The average Bonchev–Trinajstić information content (AvgIpc) is 3.35. The van der Waals surface area contributed by atoms with Gasteiger partial charge in [0.05, 0.1) is 18.3 Å². The Hall–Kier alpha value is -2.73. The van der Waals surface area contributed by atoms with Crippen LogP contribution >= 0.6 is 11.3 Å². The molecule has 0 saturated heterocycles. The number of hydrogen-bond acceptors (Lipinski definition) is 3. The van der Waals surface area contributed by atoms with Gasteiger partial charge in [-0.25, -0.2) is 4.79 Å². The standard InChI is InChI=1S/C26H32N4OS/c1-17(2)27-26(31)30-16-21-20-8-5-6-10-23(20)32-25(21)29-15-7-9-22(29)24(30)18-11-13-19(14-12-18)28(3)4/h7,9,11-15,17,24H,5-6,8,10,16H2,1-4H3,(H,27,31)/t24-/m1/s1. The zero-order chi connectivity index (χ0) is 22.4. The van der Waals surface area contributed by atoms with Crippen LogP contribution < -0.4 is 10.2 Å². The fourth-order valence-electron chi connectivity index (χ4n) is 5.02. The van der Waals surface area contributed by atoms with Crippen molar-refractivity contribution in [3.05, 3.63) is 69.9 Å². The number of thiophene rings is 1. The van der Waals surface area contributed by atoms with Crippen molar-refractivity contribution in [1.82, 2.24) is 14.8 Å². The molecule has 1 aromatic carbocycles. The third-order valence-electron chi connectivity index (χ3n) is 6.58. The molecule has 0 radical (unpaired) electrons. The third-order valence-corrected chi connectivity index (χ3v) is 7.91. The second-order valence-electron chi connectivity index (χ2n) is 9.42. The van der Waals surface area contributed by atoms with E-state index in [9.17, 15) is 4.79 Å². The lowest BCUT2D eigenvalue weighted by molar-refractivity contribution is 0.178. The highest BCUT2D eigenvalue weighted by Crippen LogP contribution is 2.44. The normalized spacial score (nSPS) is 17.4. The molecule has 0 unspecified atom stereocenters. The molecule has 2 aromatic heterocycles. The Balaban J connectivity index is 1.66. The summed E-state index contributed by atoms with van der Waals surface area (Å²) >= 11 is 1.93. The monoisotopic (exact) mass is 448 g/mol.